The monoisotopic (exact) mass is 392 g/mol. The van der Waals surface area contributed by atoms with Gasteiger partial charge in [-0.2, -0.15) is 0 Å². The zero-order valence-corrected chi connectivity index (χ0v) is 16.7. The highest BCUT2D eigenvalue weighted by molar-refractivity contribution is 5.68. The average Bonchev–Trinajstić information content (AvgIpc) is 3.28. The van der Waals surface area contributed by atoms with Gasteiger partial charge in [0.25, 0.3) is 0 Å². The Morgan fingerprint density at radius 2 is 1.79 bits per heavy atom. The lowest BCUT2D eigenvalue weighted by atomic mass is 9.90. The average molecular weight is 392 g/mol. The SMILES string of the molecule is CC(C)(C)OC(=O)NC1CCC(N(C(=O)O)C2CC2(F)c2ccccc2)CC1. The third kappa shape index (κ3) is 4.56. The van der Waals surface area contributed by atoms with E-state index >= 15 is 4.39 Å². The topological polar surface area (TPSA) is 78.9 Å². The van der Waals surface area contributed by atoms with E-state index in [-0.39, 0.29) is 18.5 Å². The van der Waals surface area contributed by atoms with Crippen LogP contribution in [0.4, 0.5) is 14.0 Å². The first-order valence-electron chi connectivity index (χ1n) is 9.85. The van der Waals surface area contributed by atoms with Crippen molar-refractivity contribution in [3.8, 4) is 0 Å². The van der Waals surface area contributed by atoms with Crippen LogP contribution < -0.4 is 5.32 Å². The van der Waals surface area contributed by atoms with Crippen LogP contribution in [0.2, 0.25) is 0 Å². The summed E-state index contributed by atoms with van der Waals surface area (Å²) in [6.45, 7) is 5.42. The molecule has 0 saturated heterocycles. The Morgan fingerprint density at radius 1 is 1.18 bits per heavy atom. The van der Waals surface area contributed by atoms with Crippen LogP contribution in [0.5, 0.6) is 0 Å². The fraction of sp³-hybridized carbons (Fsp3) is 0.619. The number of amides is 2. The highest BCUT2D eigenvalue weighted by Crippen LogP contribution is 2.54. The second kappa shape index (κ2) is 7.60. The number of alkyl carbamates (subject to hydrolysis) is 1. The van der Waals surface area contributed by atoms with Gasteiger partial charge < -0.3 is 15.2 Å². The Hall–Kier alpha value is -2.31. The fourth-order valence-corrected chi connectivity index (χ4v) is 4.08. The van der Waals surface area contributed by atoms with E-state index in [9.17, 15) is 14.7 Å². The molecule has 0 bridgehead atoms. The molecule has 0 heterocycles. The van der Waals surface area contributed by atoms with E-state index in [0.717, 1.165) is 0 Å². The molecule has 154 valence electrons. The largest absolute Gasteiger partial charge is 0.465 e. The smallest absolute Gasteiger partial charge is 0.407 e. The summed E-state index contributed by atoms with van der Waals surface area (Å²) in [4.78, 5) is 25.1. The number of halogens is 1. The summed E-state index contributed by atoms with van der Waals surface area (Å²) in [5, 5.41) is 12.6. The van der Waals surface area contributed by atoms with Gasteiger partial charge in [-0.25, -0.2) is 14.0 Å². The van der Waals surface area contributed by atoms with E-state index < -0.39 is 29.5 Å². The molecule has 6 nitrogen and oxygen atoms in total. The van der Waals surface area contributed by atoms with Crippen molar-refractivity contribution in [3.63, 3.8) is 0 Å². The maximum absolute atomic E-state index is 15.3. The van der Waals surface area contributed by atoms with Crippen LogP contribution in [-0.4, -0.2) is 45.9 Å². The first-order chi connectivity index (χ1) is 13.1. The zero-order valence-electron chi connectivity index (χ0n) is 16.7. The van der Waals surface area contributed by atoms with Crippen LogP contribution in [-0.2, 0) is 10.4 Å². The van der Waals surface area contributed by atoms with Gasteiger partial charge in [0.1, 0.15) is 5.60 Å². The van der Waals surface area contributed by atoms with Crippen molar-refractivity contribution in [3.05, 3.63) is 35.9 Å². The van der Waals surface area contributed by atoms with Gasteiger partial charge in [0.05, 0.1) is 6.04 Å². The number of benzene rings is 1. The molecule has 2 aliphatic carbocycles. The predicted octanol–water partition coefficient (Wildman–Crippen LogP) is 4.44. The summed E-state index contributed by atoms with van der Waals surface area (Å²) < 4.78 is 20.6. The summed E-state index contributed by atoms with van der Waals surface area (Å²) in [6, 6.07) is 7.84. The van der Waals surface area contributed by atoms with E-state index in [1.807, 2.05) is 6.07 Å². The molecule has 0 aromatic heterocycles. The molecule has 2 unspecified atom stereocenters. The van der Waals surface area contributed by atoms with Gasteiger partial charge in [0, 0.05) is 18.5 Å². The van der Waals surface area contributed by atoms with Gasteiger partial charge in [-0.05, 0) is 52.0 Å². The maximum Gasteiger partial charge on any atom is 0.407 e. The van der Waals surface area contributed by atoms with Crippen molar-refractivity contribution < 1.29 is 23.8 Å². The van der Waals surface area contributed by atoms with Crippen LogP contribution in [0.25, 0.3) is 0 Å². The lowest BCUT2D eigenvalue weighted by molar-refractivity contribution is 0.0465. The number of carbonyl (C=O) groups is 2. The van der Waals surface area contributed by atoms with Crippen LogP contribution in [0.1, 0.15) is 58.4 Å². The molecular weight excluding hydrogens is 363 g/mol. The molecule has 2 N–H and O–H groups in total. The predicted molar refractivity (Wildman–Crippen MR) is 103 cm³/mol. The molecule has 0 radical (unpaired) electrons. The number of rotatable bonds is 4. The quantitative estimate of drug-likeness (QED) is 0.794. The van der Waals surface area contributed by atoms with E-state index in [0.29, 0.717) is 31.2 Å². The van der Waals surface area contributed by atoms with Crippen LogP contribution in [0.3, 0.4) is 0 Å². The normalized spacial score (nSPS) is 29.6. The van der Waals surface area contributed by atoms with Gasteiger partial charge in [-0.3, -0.25) is 4.90 Å². The zero-order chi connectivity index (χ0) is 20.5. The highest BCUT2D eigenvalue weighted by Gasteiger charge is 2.62. The molecule has 28 heavy (non-hydrogen) atoms. The second-order valence-corrected chi connectivity index (χ2v) is 8.79. The number of hydrogen-bond donors (Lipinski definition) is 2. The number of carbonyl (C=O) groups excluding carboxylic acids is 1. The minimum absolute atomic E-state index is 0.0507. The molecule has 2 saturated carbocycles. The van der Waals surface area contributed by atoms with E-state index in [1.54, 1.807) is 45.0 Å². The van der Waals surface area contributed by atoms with Crippen LogP contribution in [0.15, 0.2) is 30.3 Å². The third-order valence-corrected chi connectivity index (χ3v) is 5.48. The number of ether oxygens (including phenoxy) is 1. The number of nitrogens with one attached hydrogen (secondary N) is 1. The summed E-state index contributed by atoms with van der Waals surface area (Å²) in [5.74, 6) is 0. The standard InChI is InChI=1S/C21H29FN2O4/c1-20(2,3)28-18(25)23-15-9-11-16(12-10-15)24(19(26)27)17-13-21(17,22)14-7-5-4-6-8-14/h4-8,15-17H,9-13H2,1-3H3,(H,23,25)(H,26,27). The molecular formula is C21H29FN2O4. The molecule has 2 aliphatic rings. The van der Waals surface area contributed by atoms with Crippen molar-refractivity contribution in [2.24, 2.45) is 0 Å². The molecule has 2 atom stereocenters. The Labute approximate surface area is 165 Å². The minimum Gasteiger partial charge on any atom is -0.465 e. The van der Waals surface area contributed by atoms with E-state index in [4.69, 9.17) is 4.74 Å². The molecule has 1 aromatic rings. The van der Waals surface area contributed by atoms with Crippen LogP contribution >= 0.6 is 0 Å². The summed E-state index contributed by atoms with van der Waals surface area (Å²) >= 11 is 0. The Balaban J connectivity index is 1.58. The van der Waals surface area contributed by atoms with Crippen molar-refractivity contribution in [1.29, 1.82) is 0 Å². The number of nitrogens with zero attached hydrogens (tertiary/aromatic N) is 1. The van der Waals surface area contributed by atoms with Gasteiger partial charge in [0.2, 0.25) is 0 Å². The molecule has 2 fully saturated rings. The summed E-state index contributed by atoms with van der Waals surface area (Å²) in [5.41, 5.74) is -1.63. The summed E-state index contributed by atoms with van der Waals surface area (Å²) in [6.07, 6.45) is 1.13. The lowest BCUT2D eigenvalue weighted by Crippen LogP contribution is -2.48. The van der Waals surface area contributed by atoms with Crippen molar-refractivity contribution >= 4 is 12.2 Å². The van der Waals surface area contributed by atoms with Gasteiger partial charge in [-0.1, -0.05) is 30.3 Å². The summed E-state index contributed by atoms with van der Waals surface area (Å²) in [7, 11) is 0. The number of alkyl halides is 1. The van der Waals surface area contributed by atoms with Gasteiger partial charge in [-0.15, -0.1) is 0 Å². The van der Waals surface area contributed by atoms with E-state index in [1.165, 1.54) is 4.90 Å². The number of carboxylic acid groups (broad SMARTS) is 1. The third-order valence-electron chi connectivity index (χ3n) is 5.48. The molecule has 7 heteroatoms. The maximum atomic E-state index is 15.3. The van der Waals surface area contributed by atoms with Crippen molar-refractivity contribution in [2.75, 3.05) is 0 Å². The second-order valence-electron chi connectivity index (χ2n) is 8.79. The van der Waals surface area contributed by atoms with Crippen molar-refractivity contribution in [1.82, 2.24) is 10.2 Å². The first kappa shape index (κ1) is 20.4. The fourth-order valence-electron chi connectivity index (χ4n) is 4.08. The molecule has 0 spiro atoms. The molecule has 2 amide bonds. The lowest BCUT2D eigenvalue weighted by Gasteiger charge is -2.36. The molecule has 1 aromatic carbocycles. The number of hydrogen-bond acceptors (Lipinski definition) is 3. The van der Waals surface area contributed by atoms with E-state index in [2.05, 4.69) is 5.32 Å². The van der Waals surface area contributed by atoms with Gasteiger partial charge in [0.15, 0.2) is 5.67 Å². The Bertz CT molecular complexity index is 713. The first-order valence-corrected chi connectivity index (χ1v) is 9.85. The van der Waals surface area contributed by atoms with Crippen LogP contribution in [0, 0.1) is 0 Å². The van der Waals surface area contributed by atoms with Crippen molar-refractivity contribution in [2.45, 2.75) is 82.3 Å². The molecule has 0 aliphatic heterocycles. The van der Waals surface area contributed by atoms with Gasteiger partial charge >= 0.3 is 12.2 Å². The minimum atomic E-state index is -1.61. The highest BCUT2D eigenvalue weighted by atomic mass is 19.1. The Morgan fingerprint density at radius 3 is 2.32 bits per heavy atom. The molecule has 3 rings (SSSR count). The Kier molecular flexibility index (Phi) is 5.55.